The van der Waals surface area contributed by atoms with Crippen LogP contribution in [0.15, 0.2) is 52.1 Å². The number of rotatable bonds is 2. The van der Waals surface area contributed by atoms with Crippen LogP contribution in [0.3, 0.4) is 0 Å². The minimum atomic E-state index is -0.0967. The van der Waals surface area contributed by atoms with Gasteiger partial charge in [-0.1, -0.05) is 15.9 Å². The van der Waals surface area contributed by atoms with Crippen molar-refractivity contribution in [2.75, 3.05) is 5.73 Å². The van der Waals surface area contributed by atoms with Crippen LogP contribution in [0.4, 0.5) is 5.69 Å². The molecule has 0 spiro atoms. The van der Waals surface area contributed by atoms with Crippen molar-refractivity contribution in [1.82, 2.24) is 14.5 Å². The van der Waals surface area contributed by atoms with Crippen molar-refractivity contribution in [3.8, 4) is 0 Å². The van der Waals surface area contributed by atoms with E-state index < -0.39 is 0 Å². The minimum Gasteiger partial charge on any atom is -0.399 e. The third-order valence-corrected chi connectivity index (χ3v) is 3.45. The molecular weight excluding hydrogens is 320 g/mol. The molecule has 0 aliphatic heterocycles. The zero-order chi connectivity index (χ0) is 14.1. The second-order valence-corrected chi connectivity index (χ2v) is 5.34. The summed E-state index contributed by atoms with van der Waals surface area (Å²) in [7, 11) is 0. The van der Waals surface area contributed by atoms with Gasteiger partial charge in [-0.25, -0.2) is 4.98 Å². The van der Waals surface area contributed by atoms with Gasteiger partial charge in [-0.2, -0.15) is 0 Å². The Hall–Kier alpha value is -2.21. The fourth-order valence-electron chi connectivity index (χ4n) is 2.00. The first-order valence-electron chi connectivity index (χ1n) is 5.98. The van der Waals surface area contributed by atoms with Crippen LogP contribution in [0, 0.1) is 0 Å². The molecule has 3 rings (SSSR count). The van der Waals surface area contributed by atoms with Gasteiger partial charge in [-0.3, -0.25) is 14.3 Å². The molecule has 1 aromatic carbocycles. The Bertz CT molecular complexity index is 844. The molecule has 6 heteroatoms. The first-order valence-corrected chi connectivity index (χ1v) is 6.78. The minimum absolute atomic E-state index is 0.0967. The van der Waals surface area contributed by atoms with Gasteiger partial charge in [0.25, 0.3) is 5.56 Å². The van der Waals surface area contributed by atoms with E-state index in [0.717, 1.165) is 10.2 Å². The molecule has 100 valence electrons. The third-order valence-electron chi connectivity index (χ3n) is 2.96. The maximum absolute atomic E-state index is 12.4. The van der Waals surface area contributed by atoms with E-state index in [1.165, 1.54) is 10.9 Å². The van der Waals surface area contributed by atoms with Crippen LogP contribution in [-0.2, 0) is 6.54 Å². The van der Waals surface area contributed by atoms with Crippen molar-refractivity contribution < 1.29 is 0 Å². The lowest BCUT2D eigenvalue weighted by atomic mass is 10.2. The summed E-state index contributed by atoms with van der Waals surface area (Å²) in [6.07, 6.45) is 3.16. The van der Waals surface area contributed by atoms with Gasteiger partial charge in [0.1, 0.15) is 0 Å². The molecule has 2 aromatic heterocycles. The monoisotopic (exact) mass is 330 g/mol. The van der Waals surface area contributed by atoms with Crippen molar-refractivity contribution in [3.63, 3.8) is 0 Å². The second-order valence-electron chi connectivity index (χ2n) is 4.42. The number of nitrogen functional groups attached to an aromatic ring is 1. The van der Waals surface area contributed by atoms with Crippen molar-refractivity contribution in [3.05, 3.63) is 63.4 Å². The number of pyridine rings is 1. The quantitative estimate of drug-likeness (QED) is 0.781. The highest BCUT2D eigenvalue weighted by atomic mass is 79.9. The molecular formula is C14H11BrN4O. The van der Waals surface area contributed by atoms with Gasteiger partial charge >= 0.3 is 0 Å². The van der Waals surface area contributed by atoms with Gasteiger partial charge in [0, 0.05) is 16.4 Å². The molecule has 20 heavy (non-hydrogen) atoms. The lowest BCUT2D eigenvalue weighted by molar-refractivity contribution is 0.730. The van der Waals surface area contributed by atoms with Crippen LogP contribution in [0.2, 0.25) is 0 Å². The van der Waals surface area contributed by atoms with Gasteiger partial charge in [0.05, 0.1) is 29.5 Å². The van der Waals surface area contributed by atoms with Crippen LogP contribution >= 0.6 is 15.9 Å². The van der Waals surface area contributed by atoms with Crippen molar-refractivity contribution >= 4 is 32.5 Å². The average molecular weight is 331 g/mol. The SMILES string of the molecule is Nc1ccnc(Cn2cnc3ccc(Br)cc3c2=O)c1. The zero-order valence-corrected chi connectivity index (χ0v) is 12.0. The Kier molecular flexibility index (Phi) is 3.23. The van der Waals surface area contributed by atoms with Gasteiger partial charge < -0.3 is 5.73 Å². The first-order chi connectivity index (χ1) is 9.63. The molecule has 2 heterocycles. The normalized spacial score (nSPS) is 10.8. The first kappa shape index (κ1) is 12.8. The van der Waals surface area contributed by atoms with Gasteiger partial charge in [0.15, 0.2) is 0 Å². The molecule has 3 aromatic rings. The molecule has 0 saturated carbocycles. The van der Waals surface area contributed by atoms with E-state index in [0.29, 0.717) is 23.1 Å². The lowest BCUT2D eigenvalue weighted by Crippen LogP contribution is -2.21. The molecule has 0 aliphatic rings. The van der Waals surface area contributed by atoms with E-state index >= 15 is 0 Å². The smallest absolute Gasteiger partial charge is 0.261 e. The molecule has 0 fully saturated rings. The van der Waals surface area contributed by atoms with Crippen molar-refractivity contribution in [1.29, 1.82) is 0 Å². The summed E-state index contributed by atoms with van der Waals surface area (Å²) in [5.41, 5.74) is 7.64. The number of fused-ring (bicyclic) bond motifs is 1. The Morgan fingerprint density at radius 1 is 1.20 bits per heavy atom. The number of anilines is 1. The summed E-state index contributed by atoms with van der Waals surface area (Å²) in [6.45, 7) is 0.347. The number of halogens is 1. The summed E-state index contributed by atoms with van der Waals surface area (Å²) in [5.74, 6) is 0. The molecule has 0 saturated heterocycles. The number of hydrogen-bond acceptors (Lipinski definition) is 4. The van der Waals surface area contributed by atoms with E-state index in [1.54, 1.807) is 24.4 Å². The van der Waals surface area contributed by atoms with Crippen LogP contribution in [0.25, 0.3) is 10.9 Å². The number of nitrogens with zero attached hydrogens (tertiary/aromatic N) is 3. The summed E-state index contributed by atoms with van der Waals surface area (Å²) >= 11 is 3.36. The van der Waals surface area contributed by atoms with Crippen LogP contribution in [-0.4, -0.2) is 14.5 Å². The molecule has 0 atom stereocenters. The predicted molar refractivity (Wildman–Crippen MR) is 81.5 cm³/mol. The maximum Gasteiger partial charge on any atom is 0.261 e. The standard InChI is InChI=1S/C14H11BrN4O/c15-9-1-2-13-12(5-9)14(20)19(8-18-13)7-11-6-10(16)3-4-17-11/h1-6,8H,7H2,(H2,16,17). The fourth-order valence-corrected chi connectivity index (χ4v) is 2.36. The zero-order valence-electron chi connectivity index (χ0n) is 10.5. The van der Waals surface area contributed by atoms with E-state index in [-0.39, 0.29) is 5.56 Å². The van der Waals surface area contributed by atoms with E-state index in [1.807, 2.05) is 12.1 Å². The third kappa shape index (κ3) is 2.42. The molecule has 0 unspecified atom stereocenters. The van der Waals surface area contributed by atoms with Crippen LogP contribution in [0.5, 0.6) is 0 Å². The fraction of sp³-hybridized carbons (Fsp3) is 0.0714. The average Bonchev–Trinajstić information content (AvgIpc) is 2.43. The Labute approximate surface area is 123 Å². The van der Waals surface area contributed by atoms with Gasteiger partial charge in [-0.15, -0.1) is 0 Å². The molecule has 0 radical (unpaired) electrons. The largest absolute Gasteiger partial charge is 0.399 e. The maximum atomic E-state index is 12.4. The highest BCUT2D eigenvalue weighted by Crippen LogP contribution is 2.15. The lowest BCUT2D eigenvalue weighted by Gasteiger charge is -2.07. The summed E-state index contributed by atoms with van der Waals surface area (Å²) in [4.78, 5) is 20.9. The Balaban J connectivity index is 2.08. The van der Waals surface area contributed by atoms with E-state index in [2.05, 4.69) is 25.9 Å². The van der Waals surface area contributed by atoms with Crippen LogP contribution < -0.4 is 11.3 Å². The number of aromatic nitrogens is 3. The van der Waals surface area contributed by atoms with Crippen LogP contribution in [0.1, 0.15) is 5.69 Å². The summed E-state index contributed by atoms with van der Waals surface area (Å²) in [5, 5.41) is 0.575. The topological polar surface area (TPSA) is 73.8 Å². The molecule has 0 aliphatic carbocycles. The predicted octanol–water partition coefficient (Wildman–Crippen LogP) is 2.18. The molecule has 2 N–H and O–H groups in total. The Morgan fingerprint density at radius 3 is 2.85 bits per heavy atom. The van der Waals surface area contributed by atoms with Crippen molar-refractivity contribution in [2.45, 2.75) is 6.54 Å². The number of nitrogens with two attached hydrogens (primary N) is 1. The summed E-state index contributed by atoms with van der Waals surface area (Å²) in [6, 6.07) is 8.90. The number of benzene rings is 1. The van der Waals surface area contributed by atoms with Gasteiger partial charge in [0.2, 0.25) is 0 Å². The summed E-state index contributed by atoms with van der Waals surface area (Å²) < 4.78 is 2.38. The molecule has 5 nitrogen and oxygen atoms in total. The second kappa shape index (κ2) is 5.05. The number of hydrogen-bond donors (Lipinski definition) is 1. The van der Waals surface area contributed by atoms with E-state index in [4.69, 9.17) is 5.73 Å². The Morgan fingerprint density at radius 2 is 2.05 bits per heavy atom. The molecule has 0 bridgehead atoms. The molecule has 0 amide bonds. The van der Waals surface area contributed by atoms with E-state index in [9.17, 15) is 4.79 Å². The van der Waals surface area contributed by atoms with Gasteiger partial charge in [-0.05, 0) is 30.3 Å². The van der Waals surface area contributed by atoms with Crippen molar-refractivity contribution in [2.24, 2.45) is 0 Å². The highest BCUT2D eigenvalue weighted by Gasteiger charge is 2.06. The highest BCUT2D eigenvalue weighted by molar-refractivity contribution is 9.10.